The Morgan fingerprint density at radius 1 is 1.19 bits per heavy atom. The van der Waals surface area contributed by atoms with Crippen molar-refractivity contribution < 1.29 is 4.74 Å². The van der Waals surface area contributed by atoms with E-state index in [1.54, 1.807) is 0 Å². The van der Waals surface area contributed by atoms with Gasteiger partial charge in [-0.05, 0) is 18.8 Å². The first-order chi connectivity index (χ1) is 10.3. The fourth-order valence-corrected chi connectivity index (χ4v) is 3.64. The summed E-state index contributed by atoms with van der Waals surface area (Å²) in [5.74, 6) is 2.72. The Labute approximate surface area is 130 Å². The largest absolute Gasteiger partial charge is 0.381 e. The summed E-state index contributed by atoms with van der Waals surface area (Å²) in [4.78, 5) is 6.64. The summed E-state index contributed by atoms with van der Waals surface area (Å²) in [5.41, 5.74) is 0. The second kappa shape index (κ2) is 9.29. The van der Waals surface area contributed by atoms with Crippen LogP contribution in [0, 0.1) is 11.8 Å². The van der Waals surface area contributed by atoms with Gasteiger partial charge in [0.05, 0.1) is 6.61 Å². The van der Waals surface area contributed by atoms with Gasteiger partial charge in [0.2, 0.25) is 0 Å². The molecule has 1 heterocycles. The van der Waals surface area contributed by atoms with Crippen LogP contribution in [0.15, 0.2) is 4.99 Å². The van der Waals surface area contributed by atoms with E-state index >= 15 is 0 Å². The average molecular weight is 295 g/mol. The summed E-state index contributed by atoms with van der Waals surface area (Å²) >= 11 is 0. The highest BCUT2D eigenvalue weighted by molar-refractivity contribution is 5.79. The fraction of sp³-hybridized carbons (Fsp3) is 0.941. The van der Waals surface area contributed by atoms with Crippen molar-refractivity contribution in [3.05, 3.63) is 0 Å². The second-order valence-electron chi connectivity index (χ2n) is 6.73. The maximum absolute atomic E-state index is 5.45. The Hall–Kier alpha value is -0.770. The molecule has 1 aliphatic heterocycles. The van der Waals surface area contributed by atoms with Crippen LogP contribution in [0.25, 0.3) is 0 Å². The van der Waals surface area contributed by atoms with E-state index in [4.69, 9.17) is 4.74 Å². The summed E-state index contributed by atoms with van der Waals surface area (Å²) in [6, 6.07) is 0. The van der Waals surface area contributed by atoms with E-state index in [2.05, 4.69) is 22.3 Å². The van der Waals surface area contributed by atoms with Crippen molar-refractivity contribution in [1.82, 2.24) is 10.2 Å². The first-order valence-corrected chi connectivity index (χ1v) is 8.79. The minimum Gasteiger partial charge on any atom is -0.381 e. The molecule has 2 fully saturated rings. The highest BCUT2D eigenvalue weighted by atomic mass is 16.5. The second-order valence-corrected chi connectivity index (χ2v) is 6.73. The Morgan fingerprint density at radius 3 is 2.67 bits per heavy atom. The van der Waals surface area contributed by atoms with Crippen molar-refractivity contribution in [3.8, 4) is 0 Å². The average Bonchev–Trinajstić information content (AvgIpc) is 3.16. The molecule has 0 spiro atoms. The third-order valence-corrected chi connectivity index (χ3v) is 4.93. The summed E-state index contributed by atoms with van der Waals surface area (Å²) in [6.07, 6.45) is 11.1. The molecule has 2 rings (SSSR count). The number of hydrogen-bond acceptors (Lipinski definition) is 2. The van der Waals surface area contributed by atoms with Crippen molar-refractivity contribution in [3.63, 3.8) is 0 Å². The number of unbranched alkanes of at least 4 members (excludes halogenated alkanes) is 1. The first-order valence-electron chi connectivity index (χ1n) is 8.79. The molecule has 0 bridgehead atoms. The van der Waals surface area contributed by atoms with E-state index in [9.17, 15) is 0 Å². The van der Waals surface area contributed by atoms with Crippen molar-refractivity contribution >= 4 is 5.96 Å². The van der Waals surface area contributed by atoms with Gasteiger partial charge in [-0.15, -0.1) is 0 Å². The van der Waals surface area contributed by atoms with Gasteiger partial charge in [-0.1, -0.05) is 38.5 Å². The molecule has 0 radical (unpaired) electrons. The van der Waals surface area contributed by atoms with Gasteiger partial charge in [0.1, 0.15) is 0 Å². The highest BCUT2D eigenvalue weighted by Gasteiger charge is 2.19. The van der Waals surface area contributed by atoms with Crippen molar-refractivity contribution in [2.75, 3.05) is 40.4 Å². The topological polar surface area (TPSA) is 36.9 Å². The quantitative estimate of drug-likeness (QED) is 0.446. The van der Waals surface area contributed by atoms with Crippen molar-refractivity contribution in [2.24, 2.45) is 16.8 Å². The lowest BCUT2D eigenvalue weighted by molar-refractivity contribution is 0.181. The lowest BCUT2D eigenvalue weighted by Crippen LogP contribution is -2.41. The Bertz CT molecular complexity index is 307. The van der Waals surface area contributed by atoms with Gasteiger partial charge in [-0.2, -0.15) is 0 Å². The van der Waals surface area contributed by atoms with Gasteiger partial charge in [-0.25, -0.2) is 0 Å². The normalized spacial score (nSPS) is 23.7. The Balaban J connectivity index is 1.55. The van der Waals surface area contributed by atoms with E-state index in [0.717, 1.165) is 38.2 Å². The minimum absolute atomic E-state index is 0.663. The molecule has 0 aromatic rings. The van der Waals surface area contributed by atoms with Crippen LogP contribution in [0.5, 0.6) is 0 Å². The number of nitrogens with one attached hydrogen (secondary N) is 1. The third-order valence-electron chi connectivity index (χ3n) is 4.93. The summed E-state index contributed by atoms with van der Waals surface area (Å²) < 4.78 is 5.45. The number of aliphatic imine (C=N–C) groups is 1. The zero-order valence-corrected chi connectivity index (χ0v) is 13.9. The summed E-state index contributed by atoms with van der Waals surface area (Å²) in [5, 5.41) is 3.50. The molecule has 1 N–H and O–H groups in total. The van der Waals surface area contributed by atoms with E-state index in [-0.39, 0.29) is 0 Å². The minimum atomic E-state index is 0.663. The van der Waals surface area contributed by atoms with Gasteiger partial charge >= 0.3 is 0 Å². The van der Waals surface area contributed by atoms with Crippen LogP contribution in [0.1, 0.15) is 51.4 Å². The number of ether oxygens (including phenoxy) is 1. The van der Waals surface area contributed by atoms with Crippen LogP contribution in [0.3, 0.4) is 0 Å². The van der Waals surface area contributed by atoms with E-state index < -0.39 is 0 Å². The van der Waals surface area contributed by atoms with Crippen LogP contribution in [-0.4, -0.2) is 51.3 Å². The fourth-order valence-electron chi connectivity index (χ4n) is 3.64. The molecular weight excluding hydrogens is 262 g/mol. The molecule has 0 amide bonds. The molecule has 21 heavy (non-hydrogen) atoms. The van der Waals surface area contributed by atoms with Gasteiger partial charge in [0.25, 0.3) is 0 Å². The lowest BCUT2D eigenvalue weighted by Gasteiger charge is -2.24. The predicted molar refractivity (Wildman–Crippen MR) is 88.7 cm³/mol. The van der Waals surface area contributed by atoms with Crippen molar-refractivity contribution in [1.29, 1.82) is 0 Å². The standard InChI is InChI=1S/C17H33N3O/c1-18-17(20(2)13-16-10-12-21-14-16)19-11-6-5-9-15-7-3-4-8-15/h15-16H,3-14H2,1-2H3,(H,18,19). The number of nitrogens with zero attached hydrogens (tertiary/aromatic N) is 2. The molecule has 1 aliphatic carbocycles. The molecular formula is C17H33N3O. The Kier molecular flexibility index (Phi) is 7.34. The molecule has 1 saturated heterocycles. The molecule has 4 nitrogen and oxygen atoms in total. The zero-order chi connectivity index (χ0) is 14.9. The number of hydrogen-bond donors (Lipinski definition) is 1. The van der Waals surface area contributed by atoms with E-state index in [0.29, 0.717) is 5.92 Å². The van der Waals surface area contributed by atoms with Gasteiger partial charge in [0, 0.05) is 39.7 Å². The molecule has 4 heteroatoms. The summed E-state index contributed by atoms with van der Waals surface area (Å²) in [6.45, 7) is 3.92. The monoisotopic (exact) mass is 295 g/mol. The molecule has 1 saturated carbocycles. The number of rotatable bonds is 7. The highest BCUT2D eigenvalue weighted by Crippen LogP contribution is 2.28. The third kappa shape index (κ3) is 5.85. The Morgan fingerprint density at radius 2 is 2.00 bits per heavy atom. The van der Waals surface area contributed by atoms with E-state index in [1.165, 1.54) is 51.4 Å². The van der Waals surface area contributed by atoms with Crippen LogP contribution in [0.2, 0.25) is 0 Å². The van der Waals surface area contributed by atoms with Crippen LogP contribution >= 0.6 is 0 Å². The van der Waals surface area contributed by atoms with Crippen molar-refractivity contribution in [2.45, 2.75) is 51.4 Å². The molecule has 122 valence electrons. The smallest absolute Gasteiger partial charge is 0.193 e. The summed E-state index contributed by atoms with van der Waals surface area (Å²) in [7, 11) is 4.01. The lowest BCUT2D eigenvalue weighted by atomic mass is 10.0. The van der Waals surface area contributed by atoms with Gasteiger partial charge in [0.15, 0.2) is 5.96 Å². The first kappa shape index (κ1) is 16.6. The molecule has 1 atom stereocenters. The molecule has 0 aromatic carbocycles. The van der Waals surface area contributed by atoms with Crippen LogP contribution in [0.4, 0.5) is 0 Å². The maximum atomic E-state index is 5.45. The maximum Gasteiger partial charge on any atom is 0.193 e. The molecule has 0 aromatic heterocycles. The van der Waals surface area contributed by atoms with Gasteiger partial charge < -0.3 is 15.0 Å². The van der Waals surface area contributed by atoms with Crippen LogP contribution in [-0.2, 0) is 4.74 Å². The van der Waals surface area contributed by atoms with E-state index in [1.807, 2.05) is 7.05 Å². The molecule has 2 aliphatic rings. The van der Waals surface area contributed by atoms with Crippen LogP contribution < -0.4 is 5.32 Å². The van der Waals surface area contributed by atoms with Gasteiger partial charge in [-0.3, -0.25) is 4.99 Å². The number of guanidine groups is 1. The predicted octanol–water partition coefficient (Wildman–Crippen LogP) is 2.89. The molecule has 1 unspecified atom stereocenters. The zero-order valence-electron chi connectivity index (χ0n) is 13.9. The SMILES string of the molecule is CN=C(NCCCCC1CCCC1)N(C)CC1CCOC1.